The molecule has 0 saturated heterocycles. The van der Waals surface area contributed by atoms with Gasteiger partial charge in [0.05, 0.1) is 30.8 Å². The summed E-state index contributed by atoms with van der Waals surface area (Å²) in [6.45, 7) is 8.51. The number of hydrogen-bond acceptors (Lipinski definition) is 5. The van der Waals surface area contributed by atoms with Gasteiger partial charge in [-0.15, -0.1) is 0 Å². The number of methoxy groups -OCH3 is 2. The molecule has 2 atom stereocenters. The summed E-state index contributed by atoms with van der Waals surface area (Å²) in [4.78, 5) is 37.1. The summed E-state index contributed by atoms with van der Waals surface area (Å²) in [6.07, 6.45) is 2.55. The molecule has 1 N–H and O–H groups in total. The second-order valence-electron chi connectivity index (χ2n) is 7.96. The molecule has 1 aromatic carbocycles. The maximum absolute atomic E-state index is 13.2. The summed E-state index contributed by atoms with van der Waals surface area (Å²) in [5.74, 6) is -0.885. The highest BCUT2D eigenvalue weighted by Crippen LogP contribution is 2.65. The van der Waals surface area contributed by atoms with Gasteiger partial charge < -0.3 is 14.8 Å². The Kier molecular flexibility index (Phi) is 4.62. The van der Waals surface area contributed by atoms with Crippen molar-refractivity contribution in [3.8, 4) is 0 Å². The largest absolute Gasteiger partial charge is 0.465 e. The Morgan fingerprint density at radius 1 is 1.07 bits per heavy atom. The first-order valence-corrected chi connectivity index (χ1v) is 8.99. The fourth-order valence-electron chi connectivity index (χ4n) is 4.56. The molecule has 0 aromatic heterocycles. The van der Waals surface area contributed by atoms with Crippen molar-refractivity contribution in [1.82, 2.24) is 0 Å². The molecule has 27 heavy (non-hydrogen) atoms. The number of carbonyl (C=O) groups is 3. The van der Waals surface area contributed by atoms with Gasteiger partial charge in [-0.1, -0.05) is 26.0 Å². The van der Waals surface area contributed by atoms with E-state index < -0.39 is 17.4 Å². The van der Waals surface area contributed by atoms with Crippen molar-refractivity contribution in [3.63, 3.8) is 0 Å². The van der Waals surface area contributed by atoms with Crippen molar-refractivity contribution < 1.29 is 23.9 Å². The van der Waals surface area contributed by atoms with Crippen molar-refractivity contribution in [2.75, 3.05) is 19.5 Å². The lowest BCUT2D eigenvalue weighted by atomic mass is 9.68. The Morgan fingerprint density at radius 2 is 1.63 bits per heavy atom. The third kappa shape index (κ3) is 2.93. The molecule has 6 heteroatoms. The molecule has 1 aromatic rings. The zero-order valence-corrected chi connectivity index (χ0v) is 16.2. The highest BCUT2D eigenvalue weighted by Gasteiger charge is 2.60. The summed E-state index contributed by atoms with van der Waals surface area (Å²) in [6, 6.07) is 4.39. The molecule has 144 valence electrons. The number of hydrogen-bond donors (Lipinski definition) is 1. The lowest BCUT2D eigenvalue weighted by Crippen LogP contribution is -2.37. The fraction of sp³-hybridized carbons (Fsp3) is 0.476. The molecule has 2 saturated carbocycles. The average Bonchev–Trinajstić information content (AvgIpc) is 3.19. The first kappa shape index (κ1) is 19.1. The second kappa shape index (κ2) is 6.51. The molecule has 2 aliphatic carbocycles. The number of fused-ring (bicyclic) bond motifs is 2. The molecule has 6 nitrogen and oxygen atoms in total. The van der Waals surface area contributed by atoms with E-state index in [1.54, 1.807) is 0 Å². The Morgan fingerprint density at radius 3 is 2.07 bits per heavy atom. The van der Waals surface area contributed by atoms with E-state index in [0.29, 0.717) is 11.6 Å². The van der Waals surface area contributed by atoms with Gasteiger partial charge in [-0.2, -0.15) is 0 Å². The van der Waals surface area contributed by atoms with E-state index in [4.69, 9.17) is 9.47 Å². The van der Waals surface area contributed by atoms with Crippen LogP contribution < -0.4 is 5.32 Å². The Hall–Kier alpha value is -2.63. The zero-order chi connectivity index (χ0) is 20.0. The van der Waals surface area contributed by atoms with Gasteiger partial charge in [-0.3, -0.25) is 4.79 Å². The number of esters is 2. The summed E-state index contributed by atoms with van der Waals surface area (Å²) in [5, 5.41) is 2.89. The quantitative estimate of drug-likeness (QED) is 0.646. The van der Waals surface area contributed by atoms with Gasteiger partial charge >= 0.3 is 11.9 Å². The minimum Gasteiger partial charge on any atom is -0.465 e. The smallest absolute Gasteiger partial charge is 0.337 e. The first-order chi connectivity index (χ1) is 12.7. The van der Waals surface area contributed by atoms with Crippen molar-refractivity contribution in [2.45, 2.75) is 33.1 Å². The third-order valence-corrected chi connectivity index (χ3v) is 6.36. The van der Waals surface area contributed by atoms with Crippen molar-refractivity contribution in [3.05, 3.63) is 41.5 Å². The van der Waals surface area contributed by atoms with Crippen LogP contribution in [0, 0.1) is 16.7 Å². The maximum Gasteiger partial charge on any atom is 0.337 e. The standard InChI is InChI=1S/C21H25NO5/c1-12-20(2,3)15-6-7-21(12,11-15)19(25)22-16-9-13(17(23)26-4)8-14(10-16)18(24)27-5/h8-10,15H,1,6-7,11H2,2-5H3,(H,22,25). The SMILES string of the molecule is C=C1C2(C(=O)Nc3cc(C(=O)OC)cc(C(=O)OC)c3)CCC(C2)C1(C)C. The maximum atomic E-state index is 13.2. The van der Waals surface area contributed by atoms with Crippen LogP contribution in [0.3, 0.4) is 0 Å². The number of carbonyl (C=O) groups excluding carboxylic acids is 3. The number of benzene rings is 1. The highest BCUT2D eigenvalue weighted by molar-refractivity contribution is 6.02. The summed E-state index contributed by atoms with van der Waals surface area (Å²) >= 11 is 0. The number of ether oxygens (including phenoxy) is 2. The number of nitrogens with one attached hydrogen (secondary N) is 1. The second-order valence-corrected chi connectivity index (χ2v) is 7.96. The molecule has 0 heterocycles. The molecule has 0 radical (unpaired) electrons. The van der Waals surface area contributed by atoms with Crippen LogP contribution in [-0.4, -0.2) is 32.1 Å². The average molecular weight is 371 g/mol. The summed E-state index contributed by atoms with van der Waals surface area (Å²) in [7, 11) is 2.52. The van der Waals surface area contributed by atoms with Gasteiger partial charge in [-0.25, -0.2) is 9.59 Å². The van der Waals surface area contributed by atoms with Crippen LogP contribution in [0.1, 0.15) is 53.8 Å². The Balaban J connectivity index is 1.93. The van der Waals surface area contributed by atoms with Crippen LogP contribution >= 0.6 is 0 Å². The molecule has 2 fully saturated rings. The van der Waals surface area contributed by atoms with Gasteiger partial charge in [0, 0.05) is 5.69 Å². The minimum absolute atomic E-state index is 0.0688. The number of anilines is 1. The summed E-state index contributed by atoms with van der Waals surface area (Å²) in [5.41, 5.74) is 0.993. The monoisotopic (exact) mass is 371 g/mol. The van der Waals surface area contributed by atoms with Crippen molar-refractivity contribution in [2.24, 2.45) is 16.7 Å². The third-order valence-electron chi connectivity index (χ3n) is 6.36. The molecule has 3 rings (SSSR count). The predicted octanol–water partition coefficient (Wildman–Crippen LogP) is 3.58. The van der Waals surface area contributed by atoms with Crippen LogP contribution in [0.4, 0.5) is 5.69 Å². The van der Waals surface area contributed by atoms with Gasteiger partial charge in [0.15, 0.2) is 0 Å². The van der Waals surface area contributed by atoms with Crippen LogP contribution in [0.2, 0.25) is 0 Å². The van der Waals surface area contributed by atoms with Crippen molar-refractivity contribution >= 4 is 23.5 Å². The zero-order valence-electron chi connectivity index (χ0n) is 16.2. The van der Waals surface area contributed by atoms with Crippen LogP contribution in [-0.2, 0) is 14.3 Å². The molecule has 2 aliphatic rings. The minimum atomic E-state index is -0.596. The van der Waals surface area contributed by atoms with Gasteiger partial charge in [0.2, 0.25) is 5.91 Å². The number of amides is 1. The lowest BCUT2D eigenvalue weighted by molar-refractivity contribution is -0.123. The van der Waals surface area contributed by atoms with E-state index in [2.05, 4.69) is 25.7 Å². The summed E-state index contributed by atoms with van der Waals surface area (Å²) < 4.78 is 9.48. The van der Waals surface area contributed by atoms with E-state index in [-0.39, 0.29) is 22.4 Å². The molecule has 0 aliphatic heterocycles. The first-order valence-electron chi connectivity index (χ1n) is 8.99. The molecular formula is C21H25NO5. The molecule has 0 spiro atoms. The van der Waals surface area contributed by atoms with Gasteiger partial charge in [0.25, 0.3) is 0 Å². The van der Waals surface area contributed by atoms with Crippen LogP contribution in [0.25, 0.3) is 0 Å². The van der Waals surface area contributed by atoms with Gasteiger partial charge in [0.1, 0.15) is 0 Å². The fourth-order valence-corrected chi connectivity index (χ4v) is 4.56. The van der Waals surface area contributed by atoms with E-state index >= 15 is 0 Å². The Labute approximate surface area is 158 Å². The molecule has 1 amide bonds. The normalized spacial score (nSPS) is 25.2. The highest BCUT2D eigenvalue weighted by atomic mass is 16.5. The van der Waals surface area contributed by atoms with E-state index in [0.717, 1.165) is 24.8 Å². The van der Waals surface area contributed by atoms with Crippen LogP contribution in [0.15, 0.2) is 30.4 Å². The number of rotatable bonds is 4. The predicted molar refractivity (Wildman–Crippen MR) is 100 cm³/mol. The van der Waals surface area contributed by atoms with E-state index in [9.17, 15) is 14.4 Å². The van der Waals surface area contributed by atoms with Crippen LogP contribution in [0.5, 0.6) is 0 Å². The lowest BCUT2D eigenvalue weighted by Gasteiger charge is -2.37. The van der Waals surface area contributed by atoms with Gasteiger partial charge in [-0.05, 0) is 48.8 Å². The molecule has 2 unspecified atom stereocenters. The van der Waals surface area contributed by atoms with E-state index in [1.807, 2.05) is 0 Å². The van der Waals surface area contributed by atoms with Crippen molar-refractivity contribution in [1.29, 1.82) is 0 Å². The molecular weight excluding hydrogens is 346 g/mol. The molecule has 2 bridgehead atoms. The Bertz CT molecular complexity index is 807. The topological polar surface area (TPSA) is 81.7 Å². The van der Waals surface area contributed by atoms with E-state index in [1.165, 1.54) is 32.4 Å².